The van der Waals surface area contributed by atoms with Crippen molar-refractivity contribution >= 4 is 5.78 Å². The van der Waals surface area contributed by atoms with Crippen LogP contribution in [0, 0.1) is 6.92 Å². The molecule has 11 heavy (non-hydrogen) atoms. The number of unbranched alkanes of at least 4 members (excludes halogenated alkanes) is 1. The molecule has 0 aromatic rings. The first-order valence-electron chi connectivity index (χ1n) is 3.41. The summed E-state index contributed by atoms with van der Waals surface area (Å²) < 4.78 is 4.53. The van der Waals surface area contributed by atoms with Gasteiger partial charge in [-0.15, -0.1) is 0 Å². The molecule has 0 radical (unpaired) electrons. The van der Waals surface area contributed by atoms with E-state index in [-0.39, 0.29) is 31.3 Å². The van der Waals surface area contributed by atoms with Gasteiger partial charge in [0.15, 0.2) is 5.78 Å². The van der Waals surface area contributed by atoms with Gasteiger partial charge in [0.05, 0.1) is 6.26 Å². The minimum Gasteiger partial charge on any atom is -0.493 e. The van der Waals surface area contributed by atoms with E-state index in [1.165, 1.54) is 18.8 Å². The molecule has 0 unspecified atom stereocenters. The zero-order chi connectivity index (χ0) is 7.82. The Kier molecular flexibility index (Phi) is 11.9. The Bertz CT molecular complexity index is 119. The number of hydrogen-bond donors (Lipinski definition) is 0. The topological polar surface area (TPSA) is 26.3 Å². The first-order chi connectivity index (χ1) is 4.81. The van der Waals surface area contributed by atoms with E-state index in [2.05, 4.69) is 18.6 Å². The second kappa shape index (κ2) is 9.81. The summed E-state index contributed by atoms with van der Waals surface area (Å²) in [5, 5.41) is 0. The Morgan fingerprint density at radius 1 is 1.73 bits per heavy atom. The van der Waals surface area contributed by atoms with Gasteiger partial charge in [0.2, 0.25) is 0 Å². The van der Waals surface area contributed by atoms with Gasteiger partial charge in [0.1, 0.15) is 6.61 Å². The van der Waals surface area contributed by atoms with Crippen molar-refractivity contribution in [2.45, 2.75) is 19.8 Å². The fourth-order valence-corrected chi connectivity index (χ4v) is 0.302. The van der Waals surface area contributed by atoms with Crippen LogP contribution in [0.3, 0.4) is 0 Å². The molecule has 0 amide bonds. The third kappa shape index (κ3) is 9.81. The predicted octanol–water partition coefficient (Wildman–Crippen LogP) is -1.28. The van der Waals surface area contributed by atoms with Crippen LogP contribution in [0.25, 0.3) is 0 Å². The summed E-state index contributed by atoms with van der Waals surface area (Å²) in [5.41, 5.74) is 0. The van der Waals surface area contributed by atoms with Crippen LogP contribution >= 0.6 is 0 Å². The number of carbonyl (C=O) groups is 1. The van der Waals surface area contributed by atoms with E-state index in [1.807, 2.05) is 0 Å². The average molecular weight is 148 g/mol. The fraction of sp³-hybridized carbons (Fsp3) is 0.500. The maximum Gasteiger partial charge on any atom is 1.00 e. The monoisotopic (exact) mass is 148 g/mol. The molecule has 3 heteroatoms. The van der Waals surface area contributed by atoms with Crippen molar-refractivity contribution < 1.29 is 28.4 Å². The molecule has 0 fully saturated rings. The summed E-state index contributed by atoms with van der Waals surface area (Å²) >= 11 is 0. The maximum absolute atomic E-state index is 10.0. The van der Waals surface area contributed by atoms with Gasteiger partial charge in [-0.05, 0) is 0 Å². The van der Waals surface area contributed by atoms with Crippen molar-refractivity contribution in [3.05, 3.63) is 19.3 Å². The van der Waals surface area contributed by atoms with E-state index in [1.54, 1.807) is 0 Å². The predicted molar refractivity (Wildman–Crippen MR) is 40.4 cm³/mol. The van der Waals surface area contributed by atoms with Crippen LogP contribution in [0.4, 0.5) is 0 Å². The summed E-state index contributed by atoms with van der Waals surface area (Å²) in [7, 11) is 0. The molecule has 1 aliphatic rings. The second-order valence-electron chi connectivity index (χ2n) is 1.93. The Morgan fingerprint density at radius 3 is 2.36 bits per heavy atom. The zero-order valence-corrected chi connectivity index (χ0v) is 7.30. The molecule has 0 N–H and O–H groups in total. The fourth-order valence-electron chi connectivity index (χ4n) is 0.302. The van der Waals surface area contributed by atoms with Crippen LogP contribution in [0.5, 0.6) is 0 Å². The summed E-state index contributed by atoms with van der Waals surface area (Å²) in [4.78, 5) is 10.0. The smallest absolute Gasteiger partial charge is 0.493 e. The van der Waals surface area contributed by atoms with Gasteiger partial charge in [-0.25, -0.2) is 0 Å². The van der Waals surface area contributed by atoms with Gasteiger partial charge >= 0.3 is 18.9 Å². The second-order valence-corrected chi connectivity index (χ2v) is 1.93. The molecular weight excluding hydrogens is 135 g/mol. The van der Waals surface area contributed by atoms with Crippen molar-refractivity contribution in [2.24, 2.45) is 0 Å². The molecule has 0 spiro atoms. The normalized spacial score (nSPS) is 12.7. The van der Waals surface area contributed by atoms with E-state index in [0.29, 0.717) is 0 Å². The average Bonchev–Trinajstić information content (AvgIpc) is 2.40. The quantitative estimate of drug-likeness (QED) is 0.342. The number of ketones is 1. The van der Waals surface area contributed by atoms with Gasteiger partial charge in [0, 0.05) is 6.08 Å². The zero-order valence-electron chi connectivity index (χ0n) is 7.30. The summed E-state index contributed by atoms with van der Waals surface area (Å²) in [6, 6.07) is 0. The van der Waals surface area contributed by atoms with Gasteiger partial charge in [-0.1, -0.05) is 13.3 Å². The van der Waals surface area contributed by atoms with Crippen molar-refractivity contribution in [2.75, 3.05) is 6.61 Å². The van der Waals surface area contributed by atoms with Crippen molar-refractivity contribution in [1.82, 2.24) is 0 Å². The van der Waals surface area contributed by atoms with Crippen LogP contribution in [0.15, 0.2) is 12.3 Å². The molecular formula is C8H13LiO2. The van der Waals surface area contributed by atoms with Gasteiger partial charge in [0.25, 0.3) is 0 Å². The number of rotatable bonds is 1. The van der Waals surface area contributed by atoms with Crippen LogP contribution in [-0.4, -0.2) is 12.4 Å². The summed E-state index contributed by atoms with van der Waals surface area (Å²) in [6.07, 6.45) is 5.10. The van der Waals surface area contributed by atoms with Crippen LogP contribution in [0.2, 0.25) is 0 Å². The van der Waals surface area contributed by atoms with Crippen molar-refractivity contribution in [3.63, 3.8) is 0 Å². The number of hydrogen-bond acceptors (Lipinski definition) is 2. The molecule has 0 aromatic carbocycles. The first kappa shape index (κ1) is 13.4. The molecule has 0 saturated heterocycles. The molecule has 0 aliphatic carbocycles. The summed E-state index contributed by atoms with van der Waals surface area (Å²) in [5.74, 6) is 0.0509. The first-order valence-corrected chi connectivity index (χ1v) is 3.41. The SMILES string of the molecule is O=C1C=COC1.[CH2-]CCC.[Li+]. The molecule has 1 rings (SSSR count). The molecule has 1 aliphatic heterocycles. The van der Waals surface area contributed by atoms with E-state index < -0.39 is 0 Å². The molecule has 0 aromatic heterocycles. The van der Waals surface area contributed by atoms with Crippen molar-refractivity contribution in [1.29, 1.82) is 0 Å². The molecule has 0 saturated carbocycles. The molecule has 0 bridgehead atoms. The van der Waals surface area contributed by atoms with Crippen LogP contribution in [0.1, 0.15) is 19.8 Å². The minimum atomic E-state index is 0. The van der Waals surface area contributed by atoms with Gasteiger partial charge in [-0.2, -0.15) is 6.42 Å². The molecule has 58 valence electrons. The summed E-state index contributed by atoms with van der Waals surface area (Å²) in [6.45, 7) is 5.96. The van der Waals surface area contributed by atoms with E-state index >= 15 is 0 Å². The van der Waals surface area contributed by atoms with Gasteiger partial charge < -0.3 is 11.7 Å². The van der Waals surface area contributed by atoms with Crippen molar-refractivity contribution in [3.8, 4) is 0 Å². The maximum atomic E-state index is 10.0. The number of ether oxygens (including phenoxy) is 1. The standard InChI is InChI=1S/C4H4O2.C4H9.Li/c5-4-1-2-6-3-4;1-3-4-2;/h1-2H,3H2;1,3-4H2,2H3;/q;-1;+1. The molecule has 0 atom stereocenters. The Labute approximate surface area is 80.2 Å². The largest absolute Gasteiger partial charge is 1.00 e. The van der Waals surface area contributed by atoms with E-state index in [4.69, 9.17) is 0 Å². The number of carbonyl (C=O) groups excluding carboxylic acids is 1. The Balaban J connectivity index is 0. The third-order valence-corrected chi connectivity index (χ3v) is 0.929. The Morgan fingerprint density at radius 2 is 2.27 bits per heavy atom. The van der Waals surface area contributed by atoms with E-state index in [0.717, 1.165) is 6.42 Å². The third-order valence-electron chi connectivity index (χ3n) is 0.929. The van der Waals surface area contributed by atoms with Crippen LogP contribution in [-0.2, 0) is 9.53 Å². The minimum absolute atomic E-state index is 0. The Hall–Kier alpha value is -0.193. The molecule has 2 nitrogen and oxygen atoms in total. The van der Waals surface area contributed by atoms with Gasteiger partial charge in [-0.3, -0.25) is 4.79 Å². The van der Waals surface area contributed by atoms with Crippen LogP contribution < -0.4 is 18.9 Å². The van der Waals surface area contributed by atoms with E-state index in [9.17, 15) is 4.79 Å². The molecule has 1 heterocycles.